The monoisotopic (exact) mass is 409 g/mol. The number of hydrogen-bond acceptors (Lipinski definition) is 8. The first-order chi connectivity index (χ1) is 11.1. The molecule has 2 aromatic rings. The fourth-order valence-corrected chi connectivity index (χ4v) is 5.81. The summed E-state index contributed by atoms with van der Waals surface area (Å²) < 4.78 is 42.2. The van der Waals surface area contributed by atoms with Crippen molar-refractivity contribution in [3.05, 3.63) is 51.9 Å². The van der Waals surface area contributed by atoms with E-state index in [-0.39, 0.29) is 21.8 Å². The molecule has 0 aliphatic carbocycles. The Morgan fingerprint density at radius 1 is 1.32 bits per heavy atom. The van der Waals surface area contributed by atoms with Gasteiger partial charge in [-0.05, 0) is 23.6 Å². The van der Waals surface area contributed by atoms with Crippen molar-refractivity contribution >= 4 is 34.6 Å². The van der Waals surface area contributed by atoms with Crippen LogP contribution >= 0.6 is 18.9 Å². The Bertz CT molecular complexity index is 869. The molecule has 4 N–H and O–H groups in total. The third kappa shape index (κ3) is 5.33. The van der Waals surface area contributed by atoms with Crippen LogP contribution < -0.4 is 10.7 Å². The van der Waals surface area contributed by atoms with E-state index in [1.807, 2.05) is 0 Å². The van der Waals surface area contributed by atoms with Crippen LogP contribution in [0.15, 0.2) is 46.0 Å². The molecule has 1 aromatic heterocycles. The number of benzene rings is 1. The molecule has 0 amide bonds. The Hall–Kier alpha value is -1.82. The summed E-state index contributed by atoms with van der Waals surface area (Å²) in [5.41, 5.74) is -0.201. The SMILES string of the molecule is CN(CP(=O)(O)Oc1ccc([N+](=O)[O-])cc1)S(=O)(=O)c1cccs1.N. The number of rotatable bonds is 7. The minimum absolute atomic E-state index is 0. The fraction of sp³-hybridized carbons (Fsp3) is 0.167. The molecule has 10 nitrogen and oxygen atoms in total. The van der Waals surface area contributed by atoms with E-state index in [0.29, 0.717) is 0 Å². The standard InChI is InChI=1S/C12H13N2O7PS2.H3N/c1-13(24(19,20)12-3-2-8-23-12)9-22(17,18)21-11-6-4-10(5-7-11)14(15)16;/h2-8H,9H2,1H3,(H,17,18);1H3. The Morgan fingerprint density at radius 3 is 2.40 bits per heavy atom. The molecule has 0 fully saturated rings. The van der Waals surface area contributed by atoms with Gasteiger partial charge in [0.2, 0.25) is 0 Å². The summed E-state index contributed by atoms with van der Waals surface area (Å²) in [6.07, 6.45) is -0.760. The summed E-state index contributed by atoms with van der Waals surface area (Å²) in [7, 11) is -7.05. The Labute approximate surface area is 148 Å². The van der Waals surface area contributed by atoms with E-state index >= 15 is 0 Å². The van der Waals surface area contributed by atoms with Gasteiger partial charge in [0.25, 0.3) is 15.7 Å². The minimum Gasteiger partial charge on any atom is -0.424 e. The van der Waals surface area contributed by atoms with Gasteiger partial charge in [-0.2, -0.15) is 4.31 Å². The smallest absolute Gasteiger partial charge is 0.391 e. The van der Waals surface area contributed by atoms with Crippen molar-refractivity contribution in [2.24, 2.45) is 0 Å². The predicted octanol–water partition coefficient (Wildman–Crippen LogP) is 2.66. The van der Waals surface area contributed by atoms with Gasteiger partial charge in [-0.1, -0.05) is 6.07 Å². The molecule has 138 valence electrons. The Balaban J connectivity index is 0.00000312. The highest BCUT2D eigenvalue weighted by atomic mass is 32.2. The van der Waals surface area contributed by atoms with Gasteiger partial charge < -0.3 is 15.6 Å². The molecule has 1 atom stereocenters. The van der Waals surface area contributed by atoms with E-state index in [1.165, 1.54) is 6.07 Å². The zero-order valence-corrected chi connectivity index (χ0v) is 15.5. The van der Waals surface area contributed by atoms with Crippen LogP contribution in [0, 0.1) is 10.1 Å². The van der Waals surface area contributed by atoms with Crippen LogP contribution in [0.4, 0.5) is 5.69 Å². The lowest BCUT2D eigenvalue weighted by Crippen LogP contribution is -2.28. The molecule has 0 radical (unpaired) electrons. The Kier molecular flexibility index (Phi) is 6.82. The molecule has 0 saturated heterocycles. The van der Waals surface area contributed by atoms with Crippen molar-refractivity contribution in [2.75, 3.05) is 13.3 Å². The van der Waals surface area contributed by atoms with Crippen LogP contribution in [-0.4, -0.2) is 35.9 Å². The summed E-state index contributed by atoms with van der Waals surface area (Å²) in [4.78, 5) is 19.8. The number of hydrogen-bond donors (Lipinski definition) is 2. The van der Waals surface area contributed by atoms with Crippen LogP contribution in [-0.2, 0) is 14.6 Å². The van der Waals surface area contributed by atoms with Crippen LogP contribution in [0.1, 0.15) is 0 Å². The van der Waals surface area contributed by atoms with E-state index in [0.717, 1.165) is 47.0 Å². The zero-order valence-electron chi connectivity index (χ0n) is 13.0. The third-order valence-corrected chi connectivity index (χ3v) is 7.48. The van der Waals surface area contributed by atoms with Crippen molar-refractivity contribution in [3.63, 3.8) is 0 Å². The van der Waals surface area contributed by atoms with Crippen LogP contribution in [0.25, 0.3) is 0 Å². The highest BCUT2D eigenvalue weighted by Crippen LogP contribution is 2.44. The second-order valence-electron chi connectivity index (χ2n) is 4.66. The van der Waals surface area contributed by atoms with E-state index < -0.39 is 28.8 Å². The fourth-order valence-electron chi connectivity index (χ4n) is 1.71. The zero-order chi connectivity index (χ0) is 18.0. The summed E-state index contributed by atoms with van der Waals surface area (Å²) in [5.74, 6) is -0.0756. The molecule has 1 heterocycles. The van der Waals surface area contributed by atoms with Gasteiger partial charge in [-0.3, -0.25) is 10.1 Å². The number of nitro benzene ring substituents is 1. The van der Waals surface area contributed by atoms with E-state index in [2.05, 4.69) is 0 Å². The van der Waals surface area contributed by atoms with Crippen molar-refractivity contribution in [3.8, 4) is 5.75 Å². The first-order valence-corrected chi connectivity index (χ1v) is 10.5. The molecular formula is C12H16N3O7PS2. The number of nitrogens with zero attached hydrogens (tertiary/aromatic N) is 2. The van der Waals surface area contributed by atoms with Crippen molar-refractivity contribution in [2.45, 2.75) is 4.21 Å². The van der Waals surface area contributed by atoms with E-state index in [9.17, 15) is 28.0 Å². The van der Waals surface area contributed by atoms with Gasteiger partial charge in [-0.25, -0.2) is 13.0 Å². The normalized spacial score (nSPS) is 13.7. The highest BCUT2D eigenvalue weighted by Gasteiger charge is 2.31. The maximum absolute atomic E-state index is 12.2. The third-order valence-electron chi connectivity index (χ3n) is 2.83. The molecule has 1 unspecified atom stereocenters. The molecule has 0 saturated carbocycles. The molecular weight excluding hydrogens is 393 g/mol. The highest BCUT2D eigenvalue weighted by molar-refractivity contribution is 7.91. The van der Waals surface area contributed by atoms with E-state index in [1.54, 1.807) is 11.4 Å². The first-order valence-electron chi connectivity index (χ1n) is 6.37. The average molecular weight is 409 g/mol. The average Bonchev–Trinajstić information content (AvgIpc) is 3.01. The maximum Gasteiger partial charge on any atom is 0.391 e. The maximum atomic E-state index is 12.2. The van der Waals surface area contributed by atoms with Crippen molar-refractivity contribution in [1.82, 2.24) is 10.5 Å². The molecule has 13 heteroatoms. The lowest BCUT2D eigenvalue weighted by atomic mass is 10.3. The van der Waals surface area contributed by atoms with Crippen LogP contribution in [0.3, 0.4) is 0 Å². The molecule has 2 rings (SSSR count). The number of sulfonamides is 1. The lowest BCUT2D eigenvalue weighted by Gasteiger charge is -2.20. The summed E-state index contributed by atoms with van der Waals surface area (Å²) >= 11 is 0.987. The molecule has 25 heavy (non-hydrogen) atoms. The van der Waals surface area contributed by atoms with E-state index in [4.69, 9.17) is 4.52 Å². The first kappa shape index (κ1) is 21.2. The summed E-state index contributed by atoms with van der Waals surface area (Å²) in [5, 5.41) is 12.1. The largest absolute Gasteiger partial charge is 0.424 e. The second kappa shape index (κ2) is 8.04. The second-order valence-corrected chi connectivity index (χ2v) is 9.62. The van der Waals surface area contributed by atoms with Gasteiger partial charge in [0, 0.05) is 19.2 Å². The van der Waals surface area contributed by atoms with Crippen LogP contribution in [0.2, 0.25) is 0 Å². The quantitative estimate of drug-likeness (QED) is 0.400. The number of non-ortho nitro benzene ring substituents is 1. The van der Waals surface area contributed by atoms with Gasteiger partial charge in [-0.15, -0.1) is 11.3 Å². The van der Waals surface area contributed by atoms with Gasteiger partial charge in [0.1, 0.15) is 16.2 Å². The summed E-state index contributed by atoms with van der Waals surface area (Å²) in [6, 6.07) is 7.49. The van der Waals surface area contributed by atoms with Gasteiger partial charge in [0.05, 0.1) is 4.92 Å². The summed E-state index contributed by atoms with van der Waals surface area (Å²) in [6.45, 7) is 0. The lowest BCUT2D eigenvalue weighted by molar-refractivity contribution is -0.384. The molecule has 0 spiro atoms. The molecule has 0 aliphatic heterocycles. The Morgan fingerprint density at radius 2 is 1.92 bits per heavy atom. The molecule has 1 aromatic carbocycles. The topological polar surface area (TPSA) is 162 Å². The predicted molar refractivity (Wildman–Crippen MR) is 92.7 cm³/mol. The molecule has 0 aliphatic rings. The van der Waals surface area contributed by atoms with Crippen molar-refractivity contribution in [1.29, 1.82) is 0 Å². The number of nitro groups is 1. The van der Waals surface area contributed by atoms with Gasteiger partial charge >= 0.3 is 7.60 Å². The van der Waals surface area contributed by atoms with Crippen molar-refractivity contribution < 1.29 is 27.3 Å². The van der Waals surface area contributed by atoms with Gasteiger partial charge in [0.15, 0.2) is 0 Å². The van der Waals surface area contributed by atoms with Crippen LogP contribution in [0.5, 0.6) is 5.75 Å². The number of thiophene rings is 1. The molecule has 0 bridgehead atoms. The minimum atomic E-state index is -4.33.